The summed E-state index contributed by atoms with van der Waals surface area (Å²) in [5.41, 5.74) is -0.153. The zero-order valence-electron chi connectivity index (χ0n) is 31.5. The third kappa shape index (κ3) is 10.4. The van der Waals surface area contributed by atoms with Gasteiger partial charge in [0.15, 0.2) is 6.54 Å². The normalized spacial score (nSPS) is 15.8. The summed E-state index contributed by atoms with van der Waals surface area (Å²) in [6.07, 6.45) is -0.788. The number of hydrogen-bond acceptors (Lipinski definition) is 8. The van der Waals surface area contributed by atoms with Gasteiger partial charge >= 0.3 is 17.9 Å². The lowest BCUT2D eigenvalue weighted by atomic mass is 9.91. The summed E-state index contributed by atoms with van der Waals surface area (Å²) in [5.74, 6) is -0.0496. The number of rotatable bonds is 8. The largest absolute Gasteiger partial charge is 0.744 e. The summed E-state index contributed by atoms with van der Waals surface area (Å²) >= 11 is 0. The minimum absolute atomic E-state index is 0.0357. The van der Waals surface area contributed by atoms with Gasteiger partial charge in [0.2, 0.25) is 0 Å². The molecule has 1 aliphatic carbocycles. The highest BCUT2D eigenvalue weighted by molar-refractivity contribution is 7.85. The molecule has 0 bridgehead atoms. The van der Waals surface area contributed by atoms with E-state index in [1.165, 1.54) is 47.3 Å². The molecule has 5 aromatic rings. The number of alkyl halides is 3. The summed E-state index contributed by atoms with van der Waals surface area (Å²) < 4.78 is 75.7. The molecule has 2 N–H and O–H groups in total. The van der Waals surface area contributed by atoms with E-state index in [9.17, 15) is 45.8 Å². The maximum Gasteiger partial charge on any atom is 0.416 e. The van der Waals surface area contributed by atoms with Gasteiger partial charge in [-0.1, -0.05) is 24.3 Å². The highest BCUT2D eigenvalue weighted by atomic mass is 32.2. The molecule has 0 aliphatic heterocycles. The van der Waals surface area contributed by atoms with Crippen LogP contribution in [-0.2, 0) is 21.1 Å². The van der Waals surface area contributed by atoms with Gasteiger partial charge in [0.25, 0.3) is 5.91 Å². The SMILES string of the molecule is Cc1c(-c2ccnn2-c2ccc(C#N)cc2)n(C(=O)N[C@H]2CC[C@H](NC(=O)C[N+](C)(C)C)CC2)c(=O)n1-c1cccc(C(F)(F)F)c1.O=S(=O)([O-])c1ccccc1. The summed E-state index contributed by atoms with van der Waals surface area (Å²) in [5, 5.41) is 19.6. The van der Waals surface area contributed by atoms with Crippen molar-refractivity contribution in [3.8, 4) is 28.8 Å². The van der Waals surface area contributed by atoms with Crippen molar-refractivity contribution in [1.29, 1.82) is 5.26 Å². The molecule has 2 amide bonds. The van der Waals surface area contributed by atoms with E-state index < -0.39 is 33.6 Å². The molecule has 1 aliphatic rings. The van der Waals surface area contributed by atoms with Crippen LogP contribution in [0.5, 0.6) is 0 Å². The van der Waals surface area contributed by atoms with E-state index in [0.717, 1.165) is 21.3 Å². The predicted octanol–water partition coefficient (Wildman–Crippen LogP) is 4.97. The molecule has 1 fully saturated rings. The van der Waals surface area contributed by atoms with Crippen LogP contribution in [0.2, 0.25) is 0 Å². The van der Waals surface area contributed by atoms with Gasteiger partial charge in [0.1, 0.15) is 15.8 Å². The van der Waals surface area contributed by atoms with E-state index >= 15 is 0 Å². The minimum Gasteiger partial charge on any atom is -0.744 e. The Bertz CT molecular complexity index is 2440. The first-order chi connectivity index (χ1) is 26.8. The summed E-state index contributed by atoms with van der Waals surface area (Å²) in [6, 6.07) is 20.7. The van der Waals surface area contributed by atoms with Crippen LogP contribution in [0, 0.1) is 18.3 Å². The van der Waals surface area contributed by atoms with Crippen molar-refractivity contribution in [2.24, 2.45) is 0 Å². The molecule has 18 heteroatoms. The van der Waals surface area contributed by atoms with E-state index in [-0.39, 0.29) is 40.0 Å². The van der Waals surface area contributed by atoms with E-state index in [1.807, 2.05) is 27.2 Å². The Balaban J connectivity index is 0.000000540. The van der Waals surface area contributed by atoms with Crippen molar-refractivity contribution in [2.75, 3.05) is 27.7 Å². The van der Waals surface area contributed by atoms with Gasteiger partial charge < -0.3 is 19.7 Å². The number of carbonyl (C=O) groups is 2. The van der Waals surface area contributed by atoms with E-state index in [4.69, 9.17) is 0 Å². The van der Waals surface area contributed by atoms with Gasteiger partial charge in [-0.05, 0) is 93.3 Å². The van der Waals surface area contributed by atoms with E-state index in [2.05, 4.69) is 15.7 Å². The van der Waals surface area contributed by atoms with Crippen molar-refractivity contribution < 1.29 is 40.2 Å². The lowest BCUT2D eigenvalue weighted by Gasteiger charge is -2.31. The van der Waals surface area contributed by atoms with Crippen molar-refractivity contribution in [1.82, 2.24) is 29.5 Å². The highest BCUT2D eigenvalue weighted by Gasteiger charge is 2.33. The van der Waals surface area contributed by atoms with Crippen LogP contribution in [0.4, 0.5) is 18.0 Å². The second-order valence-corrected chi connectivity index (χ2v) is 15.9. The third-order valence-electron chi connectivity index (χ3n) is 9.12. The Morgan fingerprint density at radius 1 is 0.912 bits per heavy atom. The number of benzene rings is 3. The second kappa shape index (κ2) is 17.0. The van der Waals surface area contributed by atoms with Gasteiger partial charge in [0.05, 0.1) is 72.2 Å². The Hall–Kier alpha value is -6.03. The number of carbonyl (C=O) groups excluding carboxylic acids is 2. The van der Waals surface area contributed by atoms with Gasteiger partial charge in [-0.3, -0.25) is 9.36 Å². The Kier molecular flexibility index (Phi) is 12.6. The average Bonchev–Trinajstić information content (AvgIpc) is 3.73. The topological polar surface area (TPSA) is 184 Å². The molecule has 0 radical (unpaired) electrons. The lowest BCUT2D eigenvalue weighted by Crippen LogP contribution is -2.50. The Morgan fingerprint density at radius 3 is 2.07 bits per heavy atom. The smallest absolute Gasteiger partial charge is 0.416 e. The third-order valence-corrected chi connectivity index (χ3v) is 9.96. The summed E-state index contributed by atoms with van der Waals surface area (Å²) in [6.45, 7) is 1.89. The monoisotopic (exact) mass is 806 g/mol. The van der Waals surface area contributed by atoms with E-state index in [1.54, 1.807) is 43.3 Å². The number of imidazole rings is 1. The molecule has 0 unspecified atom stereocenters. The standard InChI is InChI=1S/C33H35F3N8O3.C6H6O3S/c1-21-30(28-16-17-38-43(28)26-14-8-22(19-37)9-15-26)42(32(47)41(21)27-7-5-6-23(18-27)33(34,35)36)31(46)40-25-12-10-24(11-13-25)39-29(45)20-44(2,3)4;7-10(8,9)6-4-2-1-3-5-6/h5-9,14-18,24-25H,10-13,20H2,1-4H3,(H-,39,40,45,46);1-5H,(H,7,8,9)/t24-,25-;. The Labute approximate surface area is 327 Å². The number of nitrogens with one attached hydrogen (secondary N) is 2. The quantitative estimate of drug-likeness (QED) is 0.163. The van der Waals surface area contributed by atoms with Crippen LogP contribution in [0.3, 0.4) is 0 Å². The number of nitriles is 1. The number of likely N-dealkylation sites (N-methyl/N-ethyl adjacent to an activating group) is 1. The zero-order valence-corrected chi connectivity index (χ0v) is 32.3. The maximum absolute atomic E-state index is 14.0. The molecule has 14 nitrogen and oxygen atoms in total. The molecular weight excluding hydrogens is 766 g/mol. The van der Waals surface area contributed by atoms with Crippen LogP contribution >= 0.6 is 0 Å². The molecule has 1 saturated carbocycles. The number of hydrogen-bond donors (Lipinski definition) is 2. The first-order valence-corrected chi connectivity index (χ1v) is 19.2. The fourth-order valence-electron chi connectivity index (χ4n) is 6.50. The van der Waals surface area contributed by atoms with E-state index in [0.29, 0.717) is 53.7 Å². The summed E-state index contributed by atoms with van der Waals surface area (Å²) in [7, 11) is 1.54. The molecule has 0 atom stereocenters. The van der Waals surface area contributed by atoms with Crippen molar-refractivity contribution in [2.45, 2.75) is 55.8 Å². The number of amides is 2. The maximum atomic E-state index is 14.0. The molecule has 0 saturated heterocycles. The lowest BCUT2D eigenvalue weighted by molar-refractivity contribution is -0.862. The molecule has 3 aromatic carbocycles. The number of quaternary nitrogens is 1. The zero-order chi connectivity index (χ0) is 41.7. The molecule has 6 rings (SSSR count). The molecule has 300 valence electrons. The van der Waals surface area contributed by atoms with Crippen molar-refractivity contribution in [3.63, 3.8) is 0 Å². The van der Waals surface area contributed by atoms with Gasteiger partial charge in [0, 0.05) is 12.1 Å². The van der Waals surface area contributed by atoms with Crippen LogP contribution in [-0.4, -0.2) is 88.1 Å². The molecule has 57 heavy (non-hydrogen) atoms. The molecule has 2 aromatic heterocycles. The fourth-order valence-corrected chi connectivity index (χ4v) is 6.99. The van der Waals surface area contributed by atoms with Crippen LogP contribution in [0.1, 0.15) is 42.5 Å². The van der Waals surface area contributed by atoms with Crippen molar-refractivity contribution in [3.05, 3.63) is 118 Å². The molecule has 2 heterocycles. The minimum atomic E-state index is -4.64. The number of aromatic nitrogens is 4. The van der Waals surface area contributed by atoms with Crippen LogP contribution in [0.25, 0.3) is 22.8 Å². The summed E-state index contributed by atoms with van der Waals surface area (Å²) in [4.78, 5) is 40.2. The predicted molar refractivity (Wildman–Crippen MR) is 202 cm³/mol. The second-order valence-electron chi connectivity index (χ2n) is 14.5. The number of halogens is 3. The van der Waals surface area contributed by atoms with Gasteiger partial charge in [-0.25, -0.2) is 27.3 Å². The highest BCUT2D eigenvalue weighted by Crippen LogP contribution is 2.32. The van der Waals surface area contributed by atoms with Gasteiger partial charge in [-0.15, -0.1) is 0 Å². The molecule has 0 spiro atoms. The number of nitrogens with zero attached hydrogens (tertiary/aromatic N) is 6. The molecular formula is C39H41F3N8O6S. The van der Waals surface area contributed by atoms with Gasteiger partial charge in [-0.2, -0.15) is 23.5 Å². The fraction of sp³-hybridized carbons (Fsp3) is 0.308. The average molecular weight is 807 g/mol. The van der Waals surface area contributed by atoms with Crippen LogP contribution < -0.4 is 16.3 Å². The van der Waals surface area contributed by atoms with Crippen molar-refractivity contribution >= 4 is 22.1 Å². The Morgan fingerprint density at radius 2 is 1.53 bits per heavy atom. The van der Waals surface area contributed by atoms with Crippen LogP contribution in [0.15, 0.2) is 101 Å². The first kappa shape index (κ1) is 42.1. The first-order valence-electron chi connectivity index (χ1n) is 17.8.